The van der Waals surface area contributed by atoms with Gasteiger partial charge in [-0.2, -0.15) is 0 Å². The van der Waals surface area contributed by atoms with Crippen molar-refractivity contribution in [3.05, 3.63) is 11.1 Å². The molecule has 5 atom stereocenters. The molecule has 3 aliphatic rings. The molecule has 1 aliphatic heterocycles. The van der Waals surface area contributed by atoms with Crippen LogP contribution >= 0.6 is 0 Å². The van der Waals surface area contributed by atoms with Gasteiger partial charge >= 0.3 is 5.97 Å². The molecule has 106 valence electrons. The predicted molar refractivity (Wildman–Crippen MR) is 69.0 cm³/mol. The smallest absolute Gasteiger partial charge is 0.336 e. The van der Waals surface area contributed by atoms with Crippen molar-refractivity contribution < 1.29 is 19.7 Å². The van der Waals surface area contributed by atoms with Gasteiger partial charge in [-0.25, -0.2) is 4.79 Å². The van der Waals surface area contributed by atoms with Gasteiger partial charge in [0.15, 0.2) is 0 Å². The molecule has 2 fully saturated rings. The van der Waals surface area contributed by atoms with E-state index in [0.29, 0.717) is 23.5 Å². The summed E-state index contributed by atoms with van der Waals surface area (Å²) in [6.45, 7) is 5.89. The first-order valence-corrected chi connectivity index (χ1v) is 7.15. The van der Waals surface area contributed by atoms with E-state index in [1.807, 2.05) is 0 Å². The lowest BCUT2D eigenvalue weighted by molar-refractivity contribution is -0.221. The Morgan fingerprint density at radius 1 is 1.37 bits per heavy atom. The van der Waals surface area contributed by atoms with Crippen molar-refractivity contribution in [3.8, 4) is 0 Å². The molecule has 0 aromatic carbocycles. The molecule has 2 N–H and O–H groups in total. The summed E-state index contributed by atoms with van der Waals surface area (Å²) in [7, 11) is 0. The fraction of sp³-hybridized carbons (Fsp3) is 0.800. The lowest BCUT2D eigenvalue weighted by atomic mass is 9.52. The molecule has 19 heavy (non-hydrogen) atoms. The third kappa shape index (κ3) is 1.50. The number of aliphatic hydroxyl groups is 2. The van der Waals surface area contributed by atoms with Crippen LogP contribution in [0, 0.1) is 17.3 Å². The van der Waals surface area contributed by atoms with Crippen molar-refractivity contribution in [3.63, 3.8) is 0 Å². The van der Waals surface area contributed by atoms with Gasteiger partial charge in [-0.1, -0.05) is 26.7 Å². The molecular weight excluding hydrogens is 244 g/mol. The lowest BCUT2D eigenvalue weighted by Crippen LogP contribution is -2.58. The van der Waals surface area contributed by atoms with Crippen molar-refractivity contribution in [2.45, 2.75) is 58.3 Å². The Kier molecular flexibility index (Phi) is 2.64. The average Bonchev–Trinajstić information content (AvgIpc) is 2.55. The Labute approximate surface area is 113 Å². The highest BCUT2D eigenvalue weighted by molar-refractivity contribution is 5.92. The van der Waals surface area contributed by atoms with Gasteiger partial charge in [0, 0.05) is 23.0 Å². The van der Waals surface area contributed by atoms with Crippen LogP contribution in [0.4, 0.5) is 0 Å². The van der Waals surface area contributed by atoms with Crippen molar-refractivity contribution in [2.75, 3.05) is 0 Å². The zero-order valence-corrected chi connectivity index (χ0v) is 11.8. The molecule has 0 amide bonds. The summed E-state index contributed by atoms with van der Waals surface area (Å²) in [6, 6.07) is 0. The van der Waals surface area contributed by atoms with Gasteiger partial charge in [-0.3, -0.25) is 0 Å². The van der Waals surface area contributed by atoms with Crippen LogP contribution in [-0.4, -0.2) is 28.1 Å². The fourth-order valence-corrected chi connectivity index (χ4v) is 4.41. The molecule has 4 nitrogen and oxygen atoms in total. The quantitative estimate of drug-likeness (QED) is 0.656. The van der Waals surface area contributed by atoms with Crippen molar-refractivity contribution in [1.82, 2.24) is 0 Å². The highest BCUT2D eigenvalue weighted by Crippen LogP contribution is 2.59. The Bertz CT molecular complexity index is 469. The van der Waals surface area contributed by atoms with Crippen LogP contribution in [0.1, 0.15) is 46.5 Å². The first-order chi connectivity index (χ1) is 8.80. The van der Waals surface area contributed by atoms with Gasteiger partial charge < -0.3 is 14.9 Å². The monoisotopic (exact) mass is 266 g/mol. The molecule has 0 spiro atoms. The second-order valence-electron chi connectivity index (χ2n) is 6.71. The first-order valence-electron chi connectivity index (χ1n) is 7.15. The summed E-state index contributed by atoms with van der Waals surface area (Å²) in [4.78, 5) is 11.7. The molecule has 4 heteroatoms. The third-order valence-corrected chi connectivity index (χ3v) is 5.91. The molecular formula is C15H22O4. The van der Waals surface area contributed by atoms with Gasteiger partial charge in [0.2, 0.25) is 5.79 Å². The van der Waals surface area contributed by atoms with Crippen LogP contribution in [0.15, 0.2) is 11.1 Å². The highest BCUT2D eigenvalue weighted by Gasteiger charge is 2.62. The molecule has 0 aromatic heterocycles. The molecule has 0 saturated heterocycles. The molecule has 0 bridgehead atoms. The maximum atomic E-state index is 11.7. The lowest BCUT2D eigenvalue weighted by Gasteiger charge is -2.55. The molecule has 3 rings (SSSR count). The second kappa shape index (κ2) is 3.83. The average molecular weight is 266 g/mol. The van der Waals surface area contributed by atoms with E-state index in [4.69, 9.17) is 4.74 Å². The molecule has 0 aromatic rings. The number of hydrogen-bond acceptors (Lipinski definition) is 4. The summed E-state index contributed by atoms with van der Waals surface area (Å²) in [5, 5.41) is 21.4. The van der Waals surface area contributed by atoms with E-state index in [2.05, 4.69) is 13.8 Å². The Hall–Kier alpha value is -0.870. The van der Waals surface area contributed by atoms with Crippen LogP contribution in [-0.2, 0) is 9.53 Å². The summed E-state index contributed by atoms with van der Waals surface area (Å²) in [5.41, 5.74) is 0.521. The Morgan fingerprint density at radius 3 is 2.74 bits per heavy atom. The van der Waals surface area contributed by atoms with Crippen LogP contribution in [0.2, 0.25) is 0 Å². The summed E-state index contributed by atoms with van der Waals surface area (Å²) >= 11 is 0. The van der Waals surface area contributed by atoms with E-state index in [1.54, 1.807) is 6.92 Å². The summed E-state index contributed by atoms with van der Waals surface area (Å²) in [6.07, 6.45) is 2.80. The Morgan fingerprint density at radius 2 is 2.05 bits per heavy atom. The predicted octanol–water partition coefficient (Wildman–Crippen LogP) is 1.76. The number of ether oxygens (including phenoxy) is 1. The third-order valence-electron chi connectivity index (χ3n) is 5.91. The summed E-state index contributed by atoms with van der Waals surface area (Å²) in [5.74, 6) is -1.49. The van der Waals surface area contributed by atoms with Crippen LogP contribution in [0.25, 0.3) is 0 Å². The minimum atomic E-state index is -1.57. The minimum absolute atomic E-state index is 0.193. The van der Waals surface area contributed by atoms with Crippen LogP contribution in [0.5, 0.6) is 0 Å². The van der Waals surface area contributed by atoms with Crippen molar-refractivity contribution in [1.29, 1.82) is 0 Å². The fourth-order valence-electron chi connectivity index (χ4n) is 4.41. The topological polar surface area (TPSA) is 66.8 Å². The number of carbonyl (C=O) groups excluding carboxylic acids is 1. The molecule has 0 radical (unpaired) electrons. The molecule has 0 unspecified atom stereocenters. The van der Waals surface area contributed by atoms with E-state index in [1.165, 1.54) is 0 Å². The largest absolute Gasteiger partial charge is 0.426 e. The second-order valence-corrected chi connectivity index (χ2v) is 6.71. The number of carbonyl (C=O) groups is 1. The maximum Gasteiger partial charge on any atom is 0.336 e. The van der Waals surface area contributed by atoms with E-state index in [0.717, 1.165) is 19.3 Å². The normalized spacial score (nSPS) is 49.7. The molecule has 1 heterocycles. The van der Waals surface area contributed by atoms with Gasteiger partial charge in [0.05, 0.1) is 6.10 Å². The zero-order chi connectivity index (χ0) is 14.0. The standard InChI is InChI=1S/C15H22O4/c1-8-5-4-6-10-7-15(18)11(9(2)13(17)19-15)12(16)14(8,10)3/h8,10,12,16,18H,4-7H2,1-3H3/t8-,10+,12+,14+,15+/m0/s1. The van der Waals surface area contributed by atoms with E-state index < -0.39 is 17.9 Å². The maximum absolute atomic E-state index is 11.7. The number of rotatable bonds is 0. The van der Waals surface area contributed by atoms with Crippen LogP contribution < -0.4 is 0 Å². The first kappa shape index (κ1) is 13.1. The minimum Gasteiger partial charge on any atom is -0.426 e. The van der Waals surface area contributed by atoms with E-state index in [9.17, 15) is 15.0 Å². The van der Waals surface area contributed by atoms with Gasteiger partial charge in [-0.05, 0) is 25.2 Å². The van der Waals surface area contributed by atoms with Gasteiger partial charge in [0.1, 0.15) is 0 Å². The zero-order valence-electron chi connectivity index (χ0n) is 11.8. The number of aliphatic hydroxyl groups excluding tert-OH is 1. The van der Waals surface area contributed by atoms with E-state index in [-0.39, 0.29) is 11.3 Å². The Balaban J connectivity index is 2.10. The van der Waals surface area contributed by atoms with E-state index >= 15 is 0 Å². The van der Waals surface area contributed by atoms with Crippen molar-refractivity contribution in [2.24, 2.45) is 17.3 Å². The van der Waals surface area contributed by atoms with Gasteiger partial charge in [-0.15, -0.1) is 0 Å². The number of hydrogen-bond donors (Lipinski definition) is 2. The summed E-state index contributed by atoms with van der Waals surface area (Å²) < 4.78 is 5.15. The molecule has 2 aliphatic carbocycles. The highest BCUT2D eigenvalue weighted by atomic mass is 16.7. The molecule has 2 saturated carbocycles. The van der Waals surface area contributed by atoms with Crippen LogP contribution in [0.3, 0.4) is 0 Å². The number of fused-ring (bicyclic) bond motifs is 2. The van der Waals surface area contributed by atoms with Gasteiger partial charge in [0.25, 0.3) is 0 Å². The SMILES string of the molecule is CC1=C2[C@@H](O)[C@@]3(C)[C@H](CCC[C@@H]3C)C[C@@]2(O)OC1=O. The number of esters is 1. The van der Waals surface area contributed by atoms with Crippen molar-refractivity contribution >= 4 is 5.97 Å².